The van der Waals surface area contributed by atoms with Gasteiger partial charge < -0.3 is 14.7 Å². The molecule has 0 radical (unpaired) electrons. The monoisotopic (exact) mass is 487 g/mol. The fraction of sp³-hybridized carbons (Fsp3) is 0.333. The number of rotatable bonds is 2. The molecule has 0 bridgehead atoms. The normalized spacial score (nSPS) is 26.8. The number of pyridine rings is 1. The van der Waals surface area contributed by atoms with Gasteiger partial charge in [-0.2, -0.15) is 0 Å². The number of amides is 1. The van der Waals surface area contributed by atoms with Gasteiger partial charge in [-0.15, -0.1) is 11.8 Å². The van der Waals surface area contributed by atoms with Crippen LogP contribution in [0, 0.1) is 0 Å². The molecule has 35 heavy (non-hydrogen) atoms. The molecule has 8 heteroatoms. The highest BCUT2D eigenvalue weighted by Crippen LogP contribution is 2.49. The minimum atomic E-state index is -0.545. The Bertz CT molecular complexity index is 1360. The first-order valence-electron chi connectivity index (χ1n) is 12.0. The third-order valence-electron chi connectivity index (χ3n) is 7.96. The lowest BCUT2D eigenvalue weighted by atomic mass is 9.70. The van der Waals surface area contributed by atoms with E-state index < -0.39 is 11.2 Å². The molecule has 178 valence electrons. The summed E-state index contributed by atoms with van der Waals surface area (Å²) in [6, 6.07) is 17.9. The average Bonchev–Trinajstić information content (AvgIpc) is 2.98. The molecule has 3 aromatic rings. The Labute approximate surface area is 206 Å². The maximum atomic E-state index is 13.7. The first-order valence-corrected chi connectivity index (χ1v) is 13.0. The summed E-state index contributed by atoms with van der Waals surface area (Å²) < 4.78 is 7.51. The Balaban J connectivity index is 1.40. The highest BCUT2D eigenvalue weighted by Gasteiger charge is 2.54. The Kier molecular flexibility index (Phi) is 4.60. The van der Waals surface area contributed by atoms with Gasteiger partial charge in [0.1, 0.15) is 6.67 Å². The summed E-state index contributed by atoms with van der Waals surface area (Å²) in [6.07, 6.45) is 4.22. The highest BCUT2D eigenvalue weighted by molar-refractivity contribution is 7.98. The van der Waals surface area contributed by atoms with Gasteiger partial charge >= 0.3 is 0 Å². The Morgan fingerprint density at radius 3 is 2.51 bits per heavy atom. The van der Waals surface area contributed by atoms with Gasteiger partial charge in [-0.05, 0) is 42.0 Å². The summed E-state index contributed by atoms with van der Waals surface area (Å²) in [5.41, 5.74) is 2.94. The van der Waals surface area contributed by atoms with Crippen molar-refractivity contribution in [1.82, 2.24) is 9.58 Å². The maximum absolute atomic E-state index is 13.7. The van der Waals surface area contributed by atoms with Crippen LogP contribution in [0.25, 0.3) is 0 Å². The second kappa shape index (κ2) is 7.63. The van der Waals surface area contributed by atoms with E-state index in [4.69, 9.17) is 4.74 Å². The number of hydrogen-bond acceptors (Lipinski definition) is 6. The number of benzene rings is 2. The molecule has 4 aliphatic rings. The van der Waals surface area contributed by atoms with Crippen LogP contribution in [0.3, 0.4) is 0 Å². The first-order chi connectivity index (χ1) is 17.0. The van der Waals surface area contributed by atoms with Gasteiger partial charge in [0.05, 0.1) is 18.2 Å². The lowest BCUT2D eigenvalue weighted by molar-refractivity contribution is -0.213. The van der Waals surface area contributed by atoms with Crippen molar-refractivity contribution in [3.63, 3.8) is 0 Å². The van der Waals surface area contributed by atoms with Crippen LogP contribution in [-0.4, -0.2) is 45.5 Å². The summed E-state index contributed by atoms with van der Waals surface area (Å²) in [7, 11) is 0. The largest absolute Gasteiger partial charge is 0.502 e. The highest BCUT2D eigenvalue weighted by atomic mass is 32.2. The van der Waals surface area contributed by atoms with Crippen molar-refractivity contribution in [2.75, 3.05) is 18.3 Å². The van der Waals surface area contributed by atoms with Gasteiger partial charge in [-0.25, -0.2) is 0 Å². The molecular weight excluding hydrogens is 462 g/mol. The van der Waals surface area contributed by atoms with Gasteiger partial charge in [-0.1, -0.05) is 42.5 Å². The van der Waals surface area contributed by atoms with Crippen LogP contribution in [0.4, 0.5) is 0 Å². The number of ether oxygens (including phenoxy) is 1. The van der Waals surface area contributed by atoms with Crippen molar-refractivity contribution in [3.05, 3.63) is 93.4 Å². The van der Waals surface area contributed by atoms with E-state index in [9.17, 15) is 14.7 Å². The minimum absolute atomic E-state index is 0.0133. The van der Waals surface area contributed by atoms with Crippen molar-refractivity contribution in [2.45, 2.75) is 47.6 Å². The van der Waals surface area contributed by atoms with Gasteiger partial charge in [-0.3, -0.25) is 19.3 Å². The lowest BCUT2D eigenvalue weighted by Crippen LogP contribution is -2.66. The van der Waals surface area contributed by atoms with Crippen molar-refractivity contribution >= 4 is 17.7 Å². The summed E-state index contributed by atoms with van der Waals surface area (Å²) in [4.78, 5) is 29.1. The molecule has 7 rings (SSSR count). The standard InChI is InChI=1S/C27H25N3O4S/c31-21-9-11-29-24(25(21)32)26(33)28(18-13-27(14-18)10-12-34-27)16-30(29)23-19-6-2-1-5-17(19)15-35-22-8-4-3-7-20(22)23/h1-9,11,18,23,32H,10,12-16H2/t18?,23-,27?/m0/s1. The van der Waals surface area contributed by atoms with E-state index in [-0.39, 0.29) is 29.3 Å². The molecular formula is C27H25N3O4S. The van der Waals surface area contributed by atoms with E-state index in [0.29, 0.717) is 6.67 Å². The number of aromatic nitrogens is 1. The van der Waals surface area contributed by atoms with Gasteiger partial charge in [0.2, 0.25) is 5.43 Å². The second-order valence-corrected chi connectivity index (χ2v) is 10.9. The molecule has 1 saturated carbocycles. The molecule has 2 fully saturated rings. The van der Waals surface area contributed by atoms with Crippen LogP contribution in [0.5, 0.6) is 5.75 Å². The zero-order valence-corrected chi connectivity index (χ0v) is 19.9. The van der Waals surface area contributed by atoms with Crippen molar-refractivity contribution in [3.8, 4) is 5.75 Å². The van der Waals surface area contributed by atoms with Crippen LogP contribution in [0.2, 0.25) is 0 Å². The number of hydrogen-bond donors (Lipinski definition) is 1. The summed E-state index contributed by atoms with van der Waals surface area (Å²) >= 11 is 1.81. The van der Waals surface area contributed by atoms with E-state index in [1.54, 1.807) is 10.9 Å². The molecule has 1 N–H and O–H groups in total. The molecule has 1 amide bonds. The Morgan fingerprint density at radius 1 is 1.00 bits per heavy atom. The van der Waals surface area contributed by atoms with Gasteiger partial charge in [0.25, 0.3) is 5.91 Å². The fourth-order valence-corrected chi connectivity index (χ4v) is 7.08. The van der Waals surface area contributed by atoms with E-state index in [1.165, 1.54) is 16.5 Å². The summed E-state index contributed by atoms with van der Waals surface area (Å²) in [5.74, 6) is 0.0520. The molecule has 1 spiro atoms. The molecule has 7 nitrogen and oxygen atoms in total. The maximum Gasteiger partial charge on any atom is 0.278 e. The summed E-state index contributed by atoms with van der Waals surface area (Å²) in [6.45, 7) is 1.13. The first kappa shape index (κ1) is 21.1. The predicted octanol–water partition coefficient (Wildman–Crippen LogP) is 3.62. The number of thioether (sulfide) groups is 1. The molecule has 4 heterocycles. The van der Waals surface area contributed by atoms with Gasteiger partial charge in [0, 0.05) is 29.0 Å². The smallest absolute Gasteiger partial charge is 0.278 e. The van der Waals surface area contributed by atoms with Crippen LogP contribution < -0.4 is 10.4 Å². The minimum Gasteiger partial charge on any atom is -0.502 e. The van der Waals surface area contributed by atoms with Crippen molar-refractivity contribution in [2.24, 2.45) is 0 Å². The molecule has 1 atom stereocenters. The van der Waals surface area contributed by atoms with Crippen LogP contribution in [0.15, 0.2) is 70.5 Å². The number of aromatic hydroxyl groups is 1. The van der Waals surface area contributed by atoms with Crippen LogP contribution in [-0.2, 0) is 10.5 Å². The van der Waals surface area contributed by atoms with E-state index in [0.717, 1.165) is 42.7 Å². The van der Waals surface area contributed by atoms with E-state index >= 15 is 0 Å². The predicted molar refractivity (Wildman–Crippen MR) is 132 cm³/mol. The van der Waals surface area contributed by atoms with Crippen molar-refractivity contribution < 1.29 is 14.6 Å². The van der Waals surface area contributed by atoms with E-state index in [1.807, 2.05) is 34.9 Å². The van der Waals surface area contributed by atoms with Crippen LogP contribution >= 0.6 is 11.8 Å². The zero-order chi connectivity index (χ0) is 23.7. The third kappa shape index (κ3) is 3.09. The zero-order valence-electron chi connectivity index (χ0n) is 19.1. The molecule has 1 aliphatic carbocycles. The third-order valence-corrected chi connectivity index (χ3v) is 9.10. The number of carbonyl (C=O) groups is 1. The fourth-order valence-electron chi connectivity index (χ4n) is 5.99. The van der Waals surface area contributed by atoms with Crippen LogP contribution in [0.1, 0.15) is 52.5 Å². The lowest BCUT2D eigenvalue weighted by Gasteiger charge is -2.57. The number of nitrogens with zero attached hydrogens (tertiary/aromatic N) is 3. The summed E-state index contributed by atoms with van der Waals surface area (Å²) in [5, 5.41) is 12.9. The molecule has 0 unspecified atom stereocenters. The number of fused-ring (bicyclic) bond motifs is 3. The molecule has 3 aliphatic heterocycles. The topological polar surface area (TPSA) is 75.0 Å². The number of carbonyl (C=O) groups excluding carboxylic acids is 1. The average molecular weight is 488 g/mol. The SMILES string of the molecule is O=C1c2c(O)c(=O)ccn2N([C@H]2c3ccccc3CSc3ccccc32)CN1C1CC2(CCO2)C1. The second-order valence-electron chi connectivity index (χ2n) is 9.85. The Hall–Kier alpha value is -3.23. The molecule has 2 aromatic carbocycles. The van der Waals surface area contributed by atoms with E-state index in [2.05, 4.69) is 35.3 Å². The molecule has 1 aromatic heterocycles. The van der Waals surface area contributed by atoms with Gasteiger partial charge in [0.15, 0.2) is 11.4 Å². The quantitative estimate of drug-likeness (QED) is 0.595. The van der Waals surface area contributed by atoms with Crippen molar-refractivity contribution in [1.29, 1.82) is 0 Å². The Morgan fingerprint density at radius 2 is 1.74 bits per heavy atom. The molecule has 1 saturated heterocycles.